The van der Waals surface area contributed by atoms with E-state index < -0.39 is 0 Å². The van der Waals surface area contributed by atoms with Gasteiger partial charge in [0.15, 0.2) is 0 Å². The van der Waals surface area contributed by atoms with Crippen molar-refractivity contribution in [1.82, 2.24) is 5.32 Å². The van der Waals surface area contributed by atoms with Crippen LogP contribution < -0.4 is 5.32 Å². The molecule has 1 unspecified atom stereocenters. The average molecular weight is 111 g/mol. The second kappa shape index (κ2) is 2.88. The molecule has 0 radical (unpaired) electrons. The zero-order chi connectivity index (χ0) is 5.82. The second-order valence-corrected chi connectivity index (χ2v) is 2.23. The maximum absolute atomic E-state index is 3.37. The van der Waals surface area contributed by atoms with Crippen LogP contribution in [-0.2, 0) is 0 Å². The zero-order valence-electron chi connectivity index (χ0n) is 5.35. The molecule has 1 N–H and O–H groups in total. The average Bonchev–Trinajstić information content (AvgIpc) is 2.19. The summed E-state index contributed by atoms with van der Waals surface area (Å²) in [7, 11) is 0. The van der Waals surface area contributed by atoms with Gasteiger partial charge in [0.25, 0.3) is 0 Å². The quantitative estimate of drug-likeness (QED) is 0.503. The van der Waals surface area contributed by atoms with Crippen LogP contribution in [0.25, 0.3) is 0 Å². The van der Waals surface area contributed by atoms with Gasteiger partial charge in [0, 0.05) is 6.04 Å². The number of nitrogens with one attached hydrogen (secondary N) is 1. The largest absolute Gasteiger partial charge is 0.311 e. The molecule has 1 saturated heterocycles. The predicted octanol–water partition coefficient (Wildman–Crippen LogP) is 1.31. The molecule has 0 aromatic rings. The summed E-state index contributed by atoms with van der Waals surface area (Å²) in [6.45, 7) is 3.27. The highest BCUT2D eigenvalue weighted by molar-refractivity contribution is 4.93. The van der Waals surface area contributed by atoms with Crippen molar-refractivity contribution in [3.05, 3.63) is 12.2 Å². The first-order valence-electron chi connectivity index (χ1n) is 3.29. The highest BCUT2D eigenvalue weighted by atomic mass is 14.9. The van der Waals surface area contributed by atoms with E-state index in [2.05, 4.69) is 24.4 Å². The van der Waals surface area contributed by atoms with Crippen molar-refractivity contribution in [3.8, 4) is 0 Å². The third-order valence-electron chi connectivity index (χ3n) is 1.52. The van der Waals surface area contributed by atoms with Gasteiger partial charge >= 0.3 is 0 Å². The molecule has 0 aliphatic carbocycles. The molecular weight excluding hydrogens is 98.1 g/mol. The van der Waals surface area contributed by atoms with Crippen LogP contribution in [-0.4, -0.2) is 12.6 Å². The van der Waals surface area contributed by atoms with Crippen LogP contribution in [0.15, 0.2) is 12.2 Å². The lowest BCUT2D eigenvalue weighted by Gasteiger charge is -1.99. The number of hydrogen-bond donors (Lipinski definition) is 1. The summed E-state index contributed by atoms with van der Waals surface area (Å²) in [5, 5.41) is 3.37. The monoisotopic (exact) mass is 111 g/mol. The third kappa shape index (κ3) is 1.34. The minimum Gasteiger partial charge on any atom is -0.311 e. The normalized spacial score (nSPS) is 29.9. The molecule has 1 heterocycles. The fourth-order valence-corrected chi connectivity index (χ4v) is 1.11. The van der Waals surface area contributed by atoms with Gasteiger partial charge in [-0.1, -0.05) is 12.2 Å². The van der Waals surface area contributed by atoms with Gasteiger partial charge in [-0.15, -0.1) is 0 Å². The Labute approximate surface area is 50.8 Å². The van der Waals surface area contributed by atoms with E-state index >= 15 is 0 Å². The van der Waals surface area contributed by atoms with Gasteiger partial charge < -0.3 is 5.32 Å². The van der Waals surface area contributed by atoms with Crippen molar-refractivity contribution in [2.24, 2.45) is 0 Å². The zero-order valence-corrected chi connectivity index (χ0v) is 5.35. The Bertz CT molecular complexity index is 80.4. The molecule has 1 aliphatic heterocycles. The Hall–Kier alpha value is -0.300. The van der Waals surface area contributed by atoms with Gasteiger partial charge in [0.1, 0.15) is 0 Å². The topological polar surface area (TPSA) is 12.0 Å². The van der Waals surface area contributed by atoms with E-state index in [4.69, 9.17) is 0 Å². The van der Waals surface area contributed by atoms with Gasteiger partial charge in [0.2, 0.25) is 0 Å². The Morgan fingerprint density at radius 3 is 3.00 bits per heavy atom. The van der Waals surface area contributed by atoms with E-state index in [1.54, 1.807) is 0 Å². The summed E-state index contributed by atoms with van der Waals surface area (Å²) in [4.78, 5) is 0. The van der Waals surface area contributed by atoms with Gasteiger partial charge in [-0.3, -0.25) is 0 Å². The van der Waals surface area contributed by atoms with Gasteiger partial charge in [-0.25, -0.2) is 0 Å². The molecular formula is C7H13N. The van der Waals surface area contributed by atoms with Crippen molar-refractivity contribution in [1.29, 1.82) is 0 Å². The third-order valence-corrected chi connectivity index (χ3v) is 1.52. The van der Waals surface area contributed by atoms with Crippen molar-refractivity contribution in [3.63, 3.8) is 0 Å². The number of hydrogen-bond acceptors (Lipinski definition) is 1. The highest BCUT2D eigenvalue weighted by Crippen LogP contribution is 2.04. The minimum absolute atomic E-state index is 0.681. The van der Waals surface area contributed by atoms with Crippen LogP contribution >= 0.6 is 0 Å². The van der Waals surface area contributed by atoms with E-state index in [1.165, 1.54) is 19.4 Å². The molecule has 0 amide bonds. The molecule has 8 heavy (non-hydrogen) atoms. The summed E-state index contributed by atoms with van der Waals surface area (Å²) >= 11 is 0. The van der Waals surface area contributed by atoms with E-state index in [9.17, 15) is 0 Å². The molecule has 46 valence electrons. The second-order valence-electron chi connectivity index (χ2n) is 2.23. The fraction of sp³-hybridized carbons (Fsp3) is 0.714. The Morgan fingerprint density at radius 2 is 2.50 bits per heavy atom. The first-order valence-corrected chi connectivity index (χ1v) is 3.29. The van der Waals surface area contributed by atoms with E-state index in [0.29, 0.717) is 6.04 Å². The molecule has 1 nitrogen and oxygen atoms in total. The summed E-state index contributed by atoms with van der Waals surface area (Å²) < 4.78 is 0. The van der Waals surface area contributed by atoms with Crippen LogP contribution in [0, 0.1) is 0 Å². The molecule has 1 heteroatoms. The van der Waals surface area contributed by atoms with Crippen LogP contribution in [0.1, 0.15) is 19.8 Å². The van der Waals surface area contributed by atoms with Gasteiger partial charge in [-0.2, -0.15) is 0 Å². The first-order chi connectivity index (χ1) is 3.93. The maximum atomic E-state index is 3.37. The first kappa shape index (κ1) is 5.83. The van der Waals surface area contributed by atoms with Crippen molar-refractivity contribution in [2.45, 2.75) is 25.8 Å². The molecule has 0 aromatic heterocycles. The highest BCUT2D eigenvalue weighted by Gasteiger charge is 2.08. The van der Waals surface area contributed by atoms with E-state index in [1.807, 2.05) is 0 Å². The lowest BCUT2D eigenvalue weighted by Crippen LogP contribution is -2.17. The Morgan fingerprint density at radius 1 is 1.62 bits per heavy atom. The van der Waals surface area contributed by atoms with Crippen LogP contribution in [0.2, 0.25) is 0 Å². The van der Waals surface area contributed by atoms with Crippen LogP contribution in [0.3, 0.4) is 0 Å². The van der Waals surface area contributed by atoms with Crippen molar-refractivity contribution < 1.29 is 0 Å². The van der Waals surface area contributed by atoms with Gasteiger partial charge in [0.05, 0.1) is 0 Å². The van der Waals surface area contributed by atoms with E-state index in [-0.39, 0.29) is 0 Å². The molecule has 1 atom stereocenters. The van der Waals surface area contributed by atoms with E-state index in [0.717, 1.165) is 0 Å². The Kier molecular flexibility index (Phi) is 2.10. The van der Waals surface area contributed by atoms with Crippen LogP contribution in [0.4, 0.5) is 0 Å². The molecule has 1 aliphatic rings. The predicted molar refractivity (Wildman–Crippen MR) is 35.8 cm³/mol. The number of rotatable bonds is 1. The lowest BCUT2D eigenvalue weighted by atomic mass is 10.2. The SMILES string of the molecule is C/C=C\C1CCCN1. The molecule has 0 aromatic carbocycles. The summed E-state index contributed by atoms with van der Waals surface area (Å²) in [6.07, 6.45) is 7.01. The van der Waals surface area contributed by atoms with Crippen molar-refractivity contribution in [2.75, 3.05) is 6.54 Å². The maximum Gasteiger partial charge on any atom is 0.0250 e. The summed E-state index contributed by atoms with van der Waals surface area (Å²) in [5.41, 5.74) is 0. The minimum atomic E-state index is 0.681. The smallest absolute Gasteiger partial charge is 0.0250 e. The standard InChI is InChI=1S/C7H13N/c1-2-4-7-5-3-6-8-7/h2,4,7-8H,3,5-6H2,1H3/b4-2-. The number of allylic oxidation sites excluding steroid dienone is 1. The Balaban J connectivity index is 2.24. The lowest BCUT2D eigenvalue weighted by molar-refractivity contribution is 0.727. The van der Waals surface area contributed by atoms with Gasteiger partial charge in [-0.05, 0) is 26.3 Å². The van der Waals surface area contributed by atoms with Crippen LogP contribution in [0.5, 0.6) is 0 Å². The molecule has 1 rings (SSSR count). The molecule has 1 fully saturated rings. The summed E-state index contributed by atoms with van der Waals surface area (Å²) in [5.74, 6) is 0. The molecule has 0 spiro atoms. The fourth-order valence-electron chi connectivity index (χ4n) is 1.11. The summed E-state index contributed by atoms with van der Waals surface area (Å²) in [6, 6.07) is 0.681. The molecule has 0 bridgehead atoms. The molecule has 0 saturated carbocycles. The van der Waals surface area contributed by atoms with Crippen molar-refractivity contribution >= 4 is 0 Å².